The standard InChI is InChI=1S/C22H34N6.HI/c1-16-10-12-19(13-11-16)17(2)14-23-22(25-20-8-6-5-7-9-20)24-15-21-27-26-18(3)28(21)4;/h10-13,17,20H,5-9,14-15H2,1-4H3,(H2,23,24,25);1H. The molecule has 0 saturated heterocycles. The van der Waals surface area contributed by atoms with Crippen LogP contribution in [0.1, 0.15) is 67.7 Å². The molecule has 1 saturated carbocycles. The van der Waals surface area contributed by atoms with Crippen LogP contribution >= 0.6 is 24.0 Å². The van der Waals surface area contributed by atoms with E-state index in [1.165, 1.54) is 43.2 Å². The van der Waals surface area contributed by atoms with E-state index >= 15 is 0 Å². The van der Waals surface area contributed by atoms with Crippen LogP contribution in [0, 0.1) is 13.8 Å². The van der Waals surface area contributed by atoms with E-state index in [-0.39, 0.29) is 24.0 Å². The van der Waals surface area contributed by atoms with Gasteiger partial charge in [-0.1, -0.05) is 56.0 Å². The number of aliphatic imine (C=N–C) groups is 1. The predicted octanol–water partition coefficient (Wildman–Crippen LogP) is 4.22. The van der Waals surface area contributed by atoms with Crippen molar-refractivity contribution in [3.05, 3.63) is 47.0 Å². The van der Waals surface area contributed by atoms with Crippen molar-refractivity contribution in [3.63, 3.8) is 0 Å². The first-order valence-corrected chi connectivity index (χ1v) is 10.5. The van der Waals surface area contributed by atoms with Crippen molar-refractivity contribution in [2.45, 2.75) is 71.4 Å². The van der Waals surface area contributed by atoms with Gasteiger partial charge < -0.3 is 15.2 Å². The molecule has 1 atom stereocenters. The molecule has 0 spiro atoms. The fraction of sp³-hybridized carbons (Fsp3) is 0.591. The van der Waals surface area contributed by atoms with Crippen molar-refractivity contribution in [1.82, 2.24) is 25.4 Å². The van der Waals surface area contributed by atoms with E-state index in [1.807, 2.05) is 18.5 Å². The first-order valence-electron chi connectivity index (χ1n) is 10.5. The van der Waals surface area contributed by atoms with E-state index in [2.05, 4.69) is 58.9 Å². The van der Waals surface area contributed by atoms with Gasteiger partial charge in [-0.15, -0.1) is 34.2 Å². The maximum Gasteiger partial charge on any atom is 0.191 e. The van der Waals surface area contributed by atoms with Gasteiger partial charge in [0.15, 0.2) is 11.8 Å². The zero-order valence-electron chi connectivity index (χ0n) is 18.1. The summed E-state index contributed by atoms with van der Waals surface area (Å²) in [6.45, 7) is 7.71. The highest BCUT2D eigenvalue weighted by Gasteiger charge is 2.16. The number of hydrogen-bond donors (Lipinski definition) is 2. The number of aromatic nitrogens is 3. The maximum atomic E-state index is 4.81. The molecule has 1 heterocycles. The Morgan fingerprint density at radius 1 is 1.14 bits per heavy atom. The van der Waals surface area contributed by atoms with Crippen molar-refractivity contribution in [1.29, 1.82) is 0 Å². The fourth-order valence-electron chi connectivity index (χ4n) is 3.59. The maximum absolute atomic E-state index is 4.81. The molecule has 3 rings (SSSR count). The number of rotatable bonds is 6. The second-order valence-electron chi connectivity index (χ2n) is 8.06. The zero-order valence-corrected chi connectivity index (χ0v) is 20.4. The van der Waals surface area contributed by atoms with Crippen molar-refractivity contribution in [2.75, 3.05) is 6.54 Å². The summed E-state index contributed by atoms with van der Waals surface area (Å²) in [5, 5.41) is 15.6. The average molecular weight is 510 g/mol. The summed E-state index contributed by atoms with van der Waals surface area (Å²) in [5.41, 5.74) is 2.64. The van der Waals surface area contributed by atoms with Gasteiger partial charge in [0.05, 0.1) is 0 Å². The van der Waals surface area contributed by atoms with Gasteiger partial charge in [0, 0.05) is 19.6 Å². The van der Waals surface area contributed by atoms with Gasteiger partial charge in [0.2, 0.25) is 0 Å². The SMILES string of the molecule is Cc1ccc(C(C)CNC(=NCc2nnc(C)n2C)NC2CCCCC2)cc1.I. The third-order valence-electron chi connectivity index (χ3n) is 5.73. The van der Waals surface area contributed by atoms with Gasteiger partial charge in [-0.05, 0) is 38.2 Å². The Morgan fingerprint density at radius 3 is 2.45 bits per heavy atom. The van der Waals surface area contributed by atoms with Crippen molar-refractivity contribution in [2.24, 2.45) is 12.0 Å². The molecule has 7 heteroatoms. The van der Waals surface area contributed by atoms with Crippen LogP contribution in [0.25, 0.3) is 0 Å². The second-order valence-corrected chi connectivity index (χ2v) is 8.06. The molecule has 1 aliphatic rings. The Bertz CT molecular complexity index is 777. The second kappa shape index (κ2) is 11.5. The summed E-state index contributed by atoms with van der Waals surface area (Å²) in [5.74, 6) is 3.09. The summed E-state index contributed by atoms with van der Waals surface area (Å²) < 4.78 is 2.00. The normalized spacial score (nSPS) is 16.2. The minimum atomic E-state index is 0. The van der Waals surface area contributed by atoms with Gasteiger partial charge in [0.25, 0.3) is 0 Å². The van der Waals surface area contributed by atoms with Crippen LogP contribution in [-0.2, 0) is 13.6 Å². The topological polar surface area (TPSA) is 67.1 Å². The van der Waals surface area contributed by atoms with E-state index in [1.54, 1.807) is 0 Å². The number of guanidine groups is 1. The molecule has 0 radical (unpaired) electrons. The summed E-state index contributed by atoms with van der Waals surface area (Å²) >= 11 is 0. The van der Waals surface area contributed by atoms with E-state index in [4.69, 9.17) is 4.99 Å². The lowest BCUT2D eigenvalue weighted by Crippen LogP contribution is -2.45. The van der Waals surface area contributed by atoms with Gasteiger partial charge in [-0.3, -0.25) is 0 Å². The smallest absolute Gasteiger partial charge is 0.191 e. The van der Waals surface area contributed by atoms with Crippen LogP contribution in [0.3, 0.4) is 0 Å². The molecule has 29 heavy (non-hydrogen) atoms. The number of benzene rings is 1. The molecule has 1 aliphatic carbocycles. The third kappa shape index (κ3) is 6.97. The van der Waals surface area contributed by atoms with Crippen molar-refractivity contribution < 1.29 is 0 Å². The van der Waals surface area contributed by atoms with Crippen molar-refractivity contribution >= 4 is 29.9 Å². The van der Waals surface area contributed by atoms with E-state index < -0.39 is 0 Å². The fourth-order valence-corrected chi connectivity index (χ4v) is 3.59. The largest absolute Gasteiger partial charge is 0.356 e. The van der Waals surface area contributed by atoms with Crippen LogP contribution in [0.5, 0.6) is 0 Å². The number of halogens is 1. The molecule has 0 bridgehead atoms. The Labute approximate surface area is 192 Å². The molecule has 0 aliphatic heterocycles. The van der Waals surface area contributed by atoms with Gasteiger partial charge in [-0.25, -0.2) is 4.99 Å². The highest BCUT2D eigenvalue weighted by atomic mass is 127. The highest BCUT2D eigenvalue weighted by Crippen LogP contribution is 2.18. The number of hydrogen-bond acceptors (Lipinski definition) is 3. The highest BCUT2D eigenvalue weighted by molar-refractivity contribution is 14.0. The van der Waals surface area contributed by atoms with E-state index in [0.29, 0.717) is 18.5 Å². The summed E-state index contributed by atoms with van der Waals surface area (Å²) in [6.07, 6.45) is 6.38. The molecular formula is C22H35IN6. The lowest BCUT2D eigenvalue weighted by molar-refractivity contribution is 0.409. The molecule has 2 N–H and O–H groups in total. The molecule has 2 aromatic rings. The van der Waals surface area contributed by atoms with Gasteiger partial charge >= 0.3 is 0 Å². The molecule has 160 valence electrons. The van der Waals surface area contributed by atoms with Gasteiger partial charge in [0.1, 0.15) is 12.4 Å². The Kier molecular flexibility index (Phi) is 9.39. The predicted molar refractivity (Wildman–Crippen MR) is 130 cm³/mol. The first kappa shape index (κ1) is 23.6. The summed E-state index contributed by atoms with van der Waals surface area (Å²) in [6, 6.07) is 9.30. The van der Waals surface area contributed by atoms with Crippen LogP contribution < -0.4 is 10.6 Å². The molecule has 0 amide bonds. The minimum absolute atomic E-state index is 0. The third-order valence-corrected chi connectivity index (χ3v) is 5.73. The first-order chi connectivity index (χ1) is 13.5. The molecule has 1 aromatic carbocycles. The van der Waals surface area contributed by atoms with Crippen LogP contribution in [0.4, 0.5) is 0 Å². The molecule has 1 fully saturated rings. The molecule has 1 unspecified atom stereocenters. The van der Waals surface area contributed by atoms with Crippen LogP contribution in [0.15, 0.2) is 29.3 Å². The molecule has 6 nitrogen and oxygen atoms in total. The quantitative estimate of drug-likeness (QED) is 0.347. The van der Waals surface area contributed by atoms with E-state index in [9.17, 15) is 0 Å². The Balaban J connectivity index is 0.00000300. The van der Waals surface area contributed by atoms with Crippen LogP contribution in [0.2, 0.25) is 0 Å². The monoisotopic (exact) mass is 510 g/mol. The number of nitrogens with zero attached hydrogens (tertiary/aromatic N) is 4. The summed E-state index contributed by atoms with van der Waals surface area (Å²) in [4.78, 5) is 4.81. The minimum Gasteiger partial charge on any atom is -0.356 e. The molecule has 1 aromatic heterocycles. The lowest BCUT2D eigenvalue weighted by atomic mass is 9.96. The Hall–Kier alpha value is -1.64. The summed E-state index contributed by atoms with van der Waals surface area (Å²) in [7, 11) is 1.99. The molecular weight excluding hydrogens is 475 g/mol. The zero-order chi connectivity index (χ0) is 19.9. The number of nitrogens with one attached hydrogen (secondary N) is 2. The van der Waals surface area contributed by atoms with Crippen molar-refractivity contribution in [3.8, 4) is 0 Å². The van der Waals surface area contributed by atoms with Crippen LogP contribution in [-0.4, -0.2) is 33.3 Å². The lowest BCUT2D eigenvalue weighted by Gasteiger charge is -2.26. The van der Waals surface area contributed by atoms with E-state index in [0.717, 1.165) is 24.2 Å². The van der Waals surface area contributed by atoms with Gasteiger partial charge in [-0.2, -0.15) is 0 Å². The number of aryl methyl sites for hydroxylation is 2. The average Bonchev–Trinajstić information content (AvgIpc) is 3.03. The Morgan fingerprint density at radius 2 is 1.83 bits per heavy atom.